The minimum absolute atomic E-state index is 0.0655. The topological polar surface area (TPSA) is 68.1 Å². The molecule has 0 amide bonds. The van der Waals surface area contributed by atoms with Crippen LogP contribution in [0.4, 0.5) is 0 Å². The number of esters is 1. The van der Waals surface area contributed by atoms with Gasteiger partial charge in [-0.15, -0.1) is 5.16 Å². The number of rotatable bonds is 10. The molecule has 24 heavy (non-hydrogen) atoms. The zero-order valence-electron chi connectivity index (χ0n) is 16.3. The van der Waals surface area contributed by atoms with E-state index in [1.54, 1.807) is 6.92 Å². The van der Waals surface area contributed by atoms with Crippen molar-refractivity contribution in [3.63, 3.8) is 0 Å². The largest absolute Gasteiger partial charge is 0.463 e. The number of allylic oxidation sites excluding steroid dienone is 1. The number of carbonyl (C=O) groups is 1. The van der Waals surface area contributed by atoms with E-state index in [-0.39, 0.29) is 23.0 Å². The molecule has 0 spiro atoms. The molecule has 0 saturated heterocycles. The molecule has 5 nitrogen and oxygen atoms in total. The van der Waals surface area contributed by atoms with Crippen molar-refractivity contribution in [3.8, 4) is 0 Å². The Morgan fingerprint density at radius 2 is 1.96 bits per heavy atom. The summed E-state index contributed by atoms with van der Waals surface area (Å²) in [5.41, 5.74) is 0. The van der Waals surface area contributed by atoms with Gasteiger partial charge in [-0.3, -0.25) is 0 Å². The van der Waals surface area contributed by atoms with Gasteiger partial charge in [0, 0.05) is 18.4 Å². The summed E-state index contributed by atoms with van der Waals surface area (Å²) in [5.74, 6) is -0.0640. The molecule has 6 heteroatoms. The monoisotopic (exact) mass is 357 g/mol. The van der Waals surface area contributed by atoms with E-state index in [4.69, 9.17) is 14.4 Å². The first-order chi connectivity index (χ1) is 11.0. The molecule has 0 rings (SSSR count). The highest BCUT2D eigenvalue weighted by molar-refractivity contribution is 6.74. The molecule has 0 unspecified atom stereocenters. The summed E-state index contributed by atoms with van der Waals surface area (Å²) in [6.45, 7) is 15.4. The van der Waals surface area contributed by atoms with Crippen molar-refractivity contribution < 1.29 is 19.2 Å². The van der Waals surface area contributed by atoms with Crippen molar-refractivity contribution >= 4 is 20.5 Å². The summed E-state index contributed by atoms with van der Waals surface area (Å²) in [7, 11) is -1.89. The summed E-state index contributed by atoms with van der Waals surface area (Å²) in [6.07, 6.45) is 7.13. The van der Waals surface area contributed by atoms with Gasteiger partial charge in [0.05, 0.1) is 6.61 Å². The molecular formula is C18H35NO4Si. The van der Waals surface area contributed by atoms with Gasteiger partial charge in [-0.1, -0.05) is 33.8 Å². The van der Waals surface area contributed by atoms with Gasteiger partial charge in [0.25, 0.3) is 0 Å². The molecular weight excluding hydrogens is 322 g/mol. The molecule has 0 aliphatic heterocycles. The number of oxime groups is 1. The Bertz CT molecular complexity index is 427. The lowest BCUT2D eigenvalue weighted by Crippen LogP contribution is -2.45. The van der Waals surface area contributed by atoms with Crippen LogP contribution < -0.4 is 0 Å². The van der Waals surface area contributed by atoms with Gasteiger partial charge >= 0.3 is 5.97 Å². The smallest absolute Gasteiger partial charge is 0.330 e. The van der Waals surface area contributed by atoms with Crippen LogP contribution in [-0.4, -0.2) is 38.4 Å². The fourth-order valence-corrected chi connectivity index (χ4v) is 3.47. The van der Waals surface area contributed by atoms with E-state index >= 15 is 0 Å². The van der Waals surface area contributed by atoms with Gasteiger partial charge in [-0.05, 0) is 50.2 Å². The van der Waals surface area contributed by atoms with Crippen molar-refractivity contribution in [2.45, 2.75) is 78.1 Å². The molecule has 1 N–H and O–H groups in total. The number of carbonyl (C=O) groups excluding carboxylic acids is 1. The minimum Gasteiger partial charge on any atom is -0.463 e. The second-order valence-electron chi connectivity index (χ2n) is 7.66. The van der Waals surface area contributed by atoms with Crippen LogP contribution in [-0.2, 0) is 14.0 Å². The Balaban J connectivity index is 4.85. The van der Waals surface area contributed by atoms with Crippen molar-refractivity contribution in [1.82, 2.24) is 0 Å². The van der Waals surface area contributed by atoms with Crippen LogP contribution in [0.5, 0.6) is 0 Å². The summed E-state index contributed by atoms with van der Waals surface area (Å²) in [4.78, 5) is 11.3. The Hall–Kier alpha value is -1.14. The zero-order chi connectivity index (χ0) is 18.8. The average molecular weight is 358 g/mol. The van der Waals surface area contributed by atoms with E-state index in [0.717, 1.165) is 12.8 Å². The first-order valence-electron chi connectivity index (χ1n) is 8.72. The summed E-state index contributed by atoms with van der Waals surface area (Å²) in [5, 5.41) is 11.9. The maximum atomic E-state index is 11.3. The fraction of sp³-hybridized carbons (Fsp3) is 0.778. The third-order valence-corrected chi connectivity index (χ3v) is 9.11. The summed E-state index contributed by atoms with van der Waals surface area (Å²) in [6, 6.07) is 0. The van der Waals surface area contributed by atoms with Crippen LogP contribution in [0, 0.1) is 5.92 Å². The maximum absolute atomic E-state index is 11.3. The van der Waals surface area contributed by atoms with Crippen molar-refractivity contribution in [1.29, 1.82) is 0 Å². The Morgan fingerprint density at radius 3 is 2.46 bits per heavy atom. The van der Waals surface area contributed by atoms with Crippen LogP contribution in [0.2, 0.25) is 18.1 Å². The predicted molar refractivity (Wildman–Crippen MR) is 101 cm³/mol. The Kier molecular flexibility index (Phi) is 10.2. The van der Waals surface area contributed by atoms with Crippen molar-refractivity contribution in [2.24, 2.45) is 11.1 Å². The number of nitrogens with zero attached hydrogens (tertiary/aromatic N) is 1. The quantitative estimate of drug-likeness (QED) is 0.153. The van der Waals surface area contributed by atoms with Crippen molar-refractivity contribution in [3.05, 3.63) is 12.2 Å². The molecule has 0 aromatic heterocycles. The molecule has 0 aliphatic carbocycles. The minimum atomic E-state index is -1.89. The molecule has 0 aromatic carbocycles. The lowest BCUT2D eigenvalue weighted by Gasteiger charge is -2.41. The highest BCUT2D eigenvalue weighted by Gasteiger charge is 2.39. The fourth-order valence-electron chi connectivity index (χ4n) is 2.01. The average Bonchev–Trinajstić information content (AvgIpc) is 2.46. The summed E-state index contributed by atoms with van der Waals surface area (Å²) < 4.78 is 11.4. The third-order valence-electron chi connectivity index (χ3n) is 4.60. The van der Waals surface area contributed by atoms with E-state index in [2.05, 4.69) is 45.9 Å². The van der Waals surface area contributed by atoms with Crippen LogP contribution in [0.1, 0.15) is 53.9 Å². The van der Waals surface area contributed by atoms with Crippen molar-refractivity contribution in [2.75, 3.05) is 6.61 Å². The van der Waals surface area contributed by atoms with E-state index in [1.807, 2.05) is 6.08 Å². The number of hydrogen-bond donors (Lipinski definition) is 1. The lowest BCUT2D eigenvalue weighted by molar-refractivity contribution is -0.137. The van der Waals surface area contributed by atoms with Gasteiger partial charge < -0.3 is 14.4 Å². The molecule has 0 heterocycles. The SMILES string of the molecule is CCOC(=O)/C=C/CC[C@@H](O[Si](C)(C)C(C)(C)C)[C@H](C)C/C=N/O. The van der Waals surface area contributed by atoms with E-state index in [9.17, 15) is 4.79 Å². The molecule has 0 aromatic rings. The molecule has 0 aliphatic rings. The Labute approximate surface area is 148 Å². The number of ether oxygens (including phenoxy) is 1. The van der Waals surface area contributed by atoms with Crippen LogP contribution in [0.3, 0.4) is 0 Å². The summed E-state index contributed by atoms with van der Waals surface area (Å²) >= 11 is 0. The molecule has 0 radical (unpaired) electrons. The van der Waals surface area contributed by atoms with Gasteiger partial charge in [0.1, 0.15) is 0 Å². The van der Waals surface area contributed by atoms with E-state index < -0.39 is 8.32 Å². The Morgan fingerprint density at radius 1 is 1.33 bits per heavy atom. The second kappa shape index (κ2) is 10.7. The third kappa shape index (κ3) is 8.64. The molecule has 2 atom stereocenters. The van der Waals surface area contributed by atoms with Gasteiger partial charge in [0.2, 0.25) is 0 Å². The van der Waals surface area contributed by atoms with Gasteiger partial charge in [-0.2, -0.15) is 0 Å². The van der Waals surface area contributed by atoms with Crippen LogP contribution >= 0.6 is 0 Å². The first kappa shape index (κ1) is 22.9. The highest BCUT2D eigenvalue weighted by atomic mass is 28.4. The first-order valence-corrected chi connectivity index (χ1v) is 11.6. The van der Waals surface area contributed by atoms with Crippen LogP contribution in [0.25, 0.3) is 0 Å². The molecule has 0 fully saturated rings. The zero-order valence-corrected chi connectivity index (χ0v) is 17.3. The lowest BCUT2D eigenvalue weighted by atomic mass is 9.97. The normalized spacial score (nSPS) is 15.8. The standard InChI is InChI=1S/C18H35NO4Si/c1-8-22-17(20)12-10-9-11-16(15(2)13-14-19-21)23-24(6,7)18(3,4)5/h10,12,14-16,21H,8-9,11,13H2,1-7H3/b12-10+,19-14+/t15-,16-/m1/s1. The van der Waals surface area contributed by atoms with E-state index in [1.165, 1.54) is 12.3 Å². The molecule has 140 valence electrons. The number of hydrogen-bond acceptors (Lipinski definition) is 5. The molecule has 0 saturated carbocycles. The molecule has 0 bridgehead atoms. The van der Waals surface area contributed by atoms with Crippen LogP contribution in [0.15, 0.2) is 17.3 Å². The van der Waals surface area contributed by atoms with Gasteiger partial charge in [0.15, 0.2) is 8.32 Å². The maximum Gasteiger partial charge on any atom is 0.330 e. The second-order valence-corrected chi connectivity index (χ2v) is 12.4. The highest BCUT2D eigenvalue weighted by Crippen LogP contribution is 2.38. The van der Waals surface area contributed by atoms with E-state index in [0.29, 0.717) is 13.0 Å². The van der Waals surface area contributed by atoms with Gasteiger partial charge in [-0.25, -0.2) is 4.79 Å². The predicted octanol–water partition coefficient (Wildman–Crippen LogP) is 4.76.